The van der Waals surface area contributed by atoms with E-state index in [0.29, 0.717) is 0 Å². The molecule has 84 valence electrons. The number of hydrogen-bond acceptors (Lipinski definition) is 4. The molecule has 0 aliphatic carbocycles. The van der Waals surface area contributed by atoms with Gasteiger partial charge in [-0.15, -0.1) is 0 Å². The van der Waals surface area contributed by atoms with Gasteiger partial charge in [0.2, 0.25) is 5.88 Å². The van der Waals surface area contributed by atoms with Crippen molar-refractivity contribution in [3.63, 3.8) is 0 Å². The van der Waals surface area contributed by atoms with Crippen LogP contribution in [0.25, 0.3) is 0 Å². The molecule has 0 spiro atoms. The van der Waals surface area contributed by atoms with Crippen LogP contribution in [0.3, 0.4) is 0 Å². The molecule has 0 aliphatic rings. The zero-order valence-corrected chi connectivity index (χ0v) is 8.46. The lowest BCUT2D eigenvalue weighted by Gasteiger charge is -2.07. The smallest absolute Gasteiger partial charge is 0.269 e. The minimum atomic E-state index is -4.01. The average molecular weight is 238 g/mol. The van der Waals surface area contributed by atoms with Crippen molar-refractivity contribution in [2.75, 3.05) is 7.11 Å². The number of pyridine rings is 1. The zero-order chi connectivity index (χ0) is 11.6. The van der Waals surface area contributed by atoms with Gasteiger partial charge >= 0.3 is 0 Å². The van der Waals surface area contributed by atoms with Gasteiger partial charge in [-0.25, -0.2) is 22.3 Å². The Balaban J connectivity index is 3.32. The monoisotopic (exact) mass is 238 g/mol. The molecule has 0 saturated heterocycles. The maximum absolute atomic E-state index is 12.3. The maximum Gasteiger partial charge on any atom is 0.269 e. The largest absolute Gasteiger partial charge is 0.481 e. The van der Waals surface area contributed by atoms with Crippen molar-refractivity contribution in [1.82, 2.24) is 4.98 Å². The third-order valence-electron chi connectivity index (χ3n) is 1.58. The second-order valence-electron chi connectivity index (χ2n) is 2.59. The van der Waals surface area contributed by atoms with E-state index in [-0.39, 0.29) is 0 Å². The Kier molecular flexibility index (Phi) is 3.20. The summed E-state index contributed by atoms with van der Waals surface area (Å²) in [5.41, 5.74) is -0.482. The molecule has 2 N–H and O–H groups in total. The van der Waals surface area contributed by atoms with Crippen LogP contribution in [0.2, 0.25) is 0 Å². The molecule has 1 aromatic heterocycles. The summed E-state index contributed by atoms with van der Waals surface area (Å²) in [6.07, 6.45) is -2.79. The van der Waals surface area contributed by atoms with E-state index in [2.05, 4.69) is 9.72 Å². The van der Waals surface area contributed by atoms with Crippen LogP contribution < -0.4 is 9.88 Å². The van der Waals surface area contributed by atoms with Crippen LogP contribution in [0.5, 0.6) is 5.88 Å². The molecular weight excluding hydrogens is 230 g/mol. The predicted octanol–water partition coefficient (Wildman–Crippen LogP) is 0.675. The first kappa shape index (κ1) is 11.8. The Morgan fingerprint density at radius 2 is 2.07 bits per heavy atom. The molecule has 1 heterocycles. The lowest BCUT2D eigenvalue weighted by molar-refractivity contribution is 0.145. The maximum atomic E-state index is 12.3. The molecule has 0 saturated carbocycles. The van der Waals surface area contributed by atoms with Crippen LogP contribution in [0, 0.1) is 0 Å². The van der Waals surface area contributed by atoms with Gasteiger partial charge in [0, 0.05) is 0 Å². The van der Waals surface area contributed by atoms with E-state index in [4.69, 9.17) is 5.14 Å². The first-order valence-electron chi connectivity index (χ1n) is 3.72. The van der Waals surface area contributed by atoms with Crippen LogP contribution in [0.1, 0.15) is 12.0 Å². The SMILES string of the molecule is COc1nc(S(N)(=O)=O)ccc1C(F)F. The van der Waals surface area contributed by atoms with Crippen LogP contribution >= 0.6 is 0 Å². The van der Waals surface area contributed by atoms with Crippen molar-refractivity contribution in [3.8, 4) is 5.88 Å². The van der Waals surface area contributed by atoms with Gasteiger partial charge < -0.3 is 4.74 Å². The van der Waals surface area contributed by atoms with E-state index in [9.17, 15) is 17.2 Å². The molecule has 1 aromatic rings. The summed E-state index contributed by atoms with van der Waals surface area (Å²) < 4.78 is 50.9. The van der Waals surface area contributed by atoms with Gasteiger partial charge in [-0.1, -0.05) is 0 Å². The number of halogens is 2. The lowest BCUT2D eigenvalue weighted by Crippen LogP contribution is -2.14. The Morgan fingerprint density at radius 1 is 1.47 bits per heavy atom. The van der Waals surface area contributed by atoms with Crippen molar-refractivity contribution in [1.29, 1.82) is 0 Å². The summed E-state index contributed by atoms with van der Waals surface area (Å²) in [7, 11) is -2.90. The summed E-state index contributed by atoms with van der Waals surface area (Å²) >= 11 is 0. The van der Waals surface area contributed by atoms with Gasteiger partial charge in [0.25, 0.3) is 16.4 Å². The number of nitrogens with zero attached hydrogens (tertiary/aromatic N) is 1. The Hall–Kier alpha value is -1.28. The van der Waals surface area contributed by atoms with Crippen LogP contribution in [-0.4, -0.2) is 20.5 Å². The molecule has 0 radical (unpaired) electrons. The normalized spacial score (nSPS) is 11.8. The van der Waals surface area contributed by atoms with E-state index in [1.807, 2.05) is 0 Å². The van der Waals surface area contributed by atoms with Crippen molar-refractivity contribution >= 4 is 10.0 Å². The van der Waals surface area contributed by atoms with E-state index in [1.54, 1.807) is 0 Å². The van der Waals surface area contributed by atoms with E-state index >= 15 is 0 Å². The standard InChI is InChI=1S/C7H8F2N2O3S/c1-14-7-4(6(8)9)2-3-5(11-7)15(10,12)13/h2-3,6H,1H3,(H2,10,12,13). The second-order valence-corrected chi connectivity index (χ2v) is 4.10. The quantitative estimate of drug-likeness (QED) is 0.839. The number of alkyl halides is 2. The summed E-state index contributed by atoms with van der Waals surface area (Å²) in [6, 6.07) is 1.82. The van der Waals surface area contributed by atoms with Gasteiger partial charge in [0.1, 0.15) is 0 Å². The van der Waals surface area contributed by atoms with Gasteiger partial charge in [-0.3, -0.25) is 0 Å². The summed E-state index contributed by atoms with van der Waals surface area (Å²) in [5.74, 6) is -0.448. The van der Waals surface area contributed by atoms with Crippen LogP contribution in [-0.2, 0) is 10.0 Å². The number of aromatic nitrogens is 1. The van der Waals surface area contributed by atoms with Gasteiger partial charge in [0.05, 0.1) is 12.7 Å². The zero-order valence-electron chi connectivity index (χ0n) is 7.65. The molecule has 0 aromatic carbocycles. The fraction of sp³-hybridized carbons (Fsp3) is 0.286. The number of rotatable bonds is 3. The van der Waals surface area contributed by atoms with Crippen molar-refractivity contribution < 1.29 is 21.9 Å². The Labute approximate surface area is 84.9 Å². The molecule has 0 bridgehead atoms. The van der Waals surface area contributed by atoms with Crippen molar-refractivity contribution in [3.05, 3.63) is 17.7 Å². The van der Waals surface area contributed by atoms with Gasteiger partial charge in [-0.05, 0) is 12.1 Å². The summed E-state index contributed by atoms with van der Waals surface area (Å²) in [6.45, 7) is 0. The van der Waals surface area contributed by atoms with Crippen LogP contribution in [0.4, 0.5) is 8.78 Å². The van der Waals surface area contributed by atoms with E-state index < -0.39 is 32.9 Å². The molecule has 0 aliphatic heterocycles. The number of sulfonamides is 1. The highest BCUT2D eigenvalue weighted by Crippen LogP contribution is 2.27. The molecule has 0 amide bonds. The fourth-order valence-corrected chi connectivity index (χ4v) is 1.39. The Morgan fingerprint density at radius 3 is 2.47 bits per heavy atom. The number of nitrogens with two attached hydrogens (primary N) is 1. The predicted molar refractivity (Wildman–Crippen MR) is 47.1 cm³/mol. The minimum Gasteiger partial charge on any atom is -0.481 e. The molecule has 5 nitrogen and oxygen atoms in total. The molecule has 0 unspecified atom stereocenters. The molecule has 15 heavy (non-hydrogen) atoms. The Bertz CT molecular complexity index is 461. The molecule has 0 atom stereocenters. The summed E-state index contributed by atoms with van der Waals surface area (Å²) in [5, 5.41) is 4.26. The molecule has 8 heteroatoms. The first-order valence-corrected chi connectivity index (χ1v) is 5.26. The second kappa shape index (κ2) is 4.07. The number of hydrogen-bond donors (Lipinski definition) is 1. The topological polar surface area (TPSA) is 82.3 Å². The average Bonchev–Trinajstić information content (AvgIpc) is 2.15. The minimum absolute atomic E-state index is 0.448. The van der Waals surface area contributed by atoms with Gasteiger partial charge in [0.15, 0.2) is 5.03 Å². The highest BCUT2D eigenvalue weighted by Gasteiger charge is 2.19. The summed E-state index contributed by atoms with van der Waals surface area (Å²) in [4.78, 5) is 3.37. The fourth-order valence-electron chi connectivity index (χ4n) is 0.922. The number of ether oxygens (including phenoxy) is 1. The van der Waals surface area contributed by atoms with E-state index in [1.165, 1.54) is 0 Å². The third-order valence-corrected chi connectivity index (χ3v) is 2.39. The number of primary sulfonamides is 1. The molecule has 1 rings (SSSR count). The molecule has 0 fully saturated rings. The third kappa shape index (κ3) is 2.60. The lowest BCUT2D eigenvalue weighted by atomic mass is 10.3. The number of methoxy groups -OCH3 is 1. The first-order chi connectivity index (χ1) is 6.86. The van der Waals surface area contributed by atoms with Crippen LogP contribution in [0.15, 0.2) is 17.2 Å². The molecular formula is C7H8F2N2O3S. The van der Waals surface area contributed by atoms with Crippen molar-refractivity contribution in [2.45, 2.75) is 11.5 Å². The highest BCUT2D eigenvalue weighted by molar-refractivity contribution is 7.89. The van der Waals surface area contributed by atoms with E-state index in [0.717, 1.165) is 19.2 Å². The van der Waals surface area contributed by atoms with Gasteiger partial charge in [-0.2, -0.15) is 4.98 Å². The highest BCUT2D eigenvalue weighted by atomic mass is 32.2. The van der Waals surface area contributed by atoms with Crippen molar-refractivity contribution in [2.24, 2.45) is 5.14 Å².